The van der Waals surface area contributed by atoms with Crippen molar-refractivity contribution in [1.29, 1.82) is 5.26 Å². The van der Waals surface area contributed by atoms with Crippen molar-refractivity contribution >= 4 is 0 Å². The molecule has 3 heteroatoms. The second-order valence-corrected chi connectivity index (χ2v) is 4.60. The number of unbranched alkanes of at least 4 members (excludes halogenated alkanes) is 2. The van der Waals surface area contributed by atoms with Crippen LogP contribution in [0.25, 0.3) is 0 Å². The van der Waals surface area contributed by atoms with Gasteiger partial charge >= 0.3 is 0 Å². The van der Waals surface area contributed by atoms with Crippen LogP contribution < -0.4 is 5.56 Å². The van der Waals surface area contributed by atoms with Gasteiger partial charge in [-0.3, -0.25) is 4.79 Å². The molecule has 0 aliphatic carbocycles. The van der Waals surface area contributed by atoms with Crippen LogP contribution in [0.15, 0.2) is 16.9 Å². The van der Waals surface area contributed by atoms with Crippen molar-refractivity contribution < 1.29 is 0 Å². The molecule has 1 rings (SSSR count). The quantitative estimate of drug-likeness (QED) is 0.732. The number of hydrogen-bond donors (Lipinski definition) is 0. The summed E-state index contributed by atoms with van der Waals surface area (Å²) in [7, 11) is 0. The van der Waals surface area contributed by atoms with Crippen LogP contribution in [0, 0.1) is 11.3 Å². The van der Waals surface area contributed by atoms with Gasteiger partial charge in [-0.05, 0) is 24.5 Å². The van der Waals surface area contributed by atoms with E-state index in [0.717, 1.165) is 31.5 Å². The summed E-state index contributed by atoms with van der Waals surface area (Å²) in [5.74, 6) is 0.303. The molecule has 92 valence electrons. The van der Waals surface area contributed by atoms with Crippen LogP contribution in [0.1, 0.15) is 57.2 Å². The first kappa shape index (κ1) is 13.5. The smallest absolute Gasteiger partial charge is 0.268 e. The van der Waals surface area contributed by atoms with Gasteiger partial charge in [0.05, 0.1) is 0 Å². The number of nitriles is 1. The molecule has 0 saturated heterocycles. The molecule has 3 nitrogen and oxygen atoms in total. The van der Waals surface area contributed by atoms with Gasteiger partial charge in [0.15, 0.2) is 0 Å². The van der Waals surface area contributed by atoms with Gasteiger partial charge in [0.25, 0.3) is 5.56 Å². The lowest BCUT2D eigenvalue weighted by Crippen LogP contribution is -2.26. The second-order valence-electron chi connectivity index (χ2n) is 4.60. The highest BCUT2D eigenvalue weighted by atomic mass is 16.1. The van der Waals surface area contributed by atoms with E-state index in [1.807, 2.05) is 12.1 Å². The van der Waals surface area contributed by atoms with E-state index in [-0.39, 0.29) is 11.1 Å². The zero-order valence-electron chi connectivity index (χ0n) is 10.9. The molecule has 1 aromatic rings. The highest BCUT2D eigenvalue weighted by Crippen LogP contribution is 2.13. The lowest BCUT2D eigenvalue weighted by molar-refractivity contribution is 0.552. The van der Waals surface area contributed by atoms with Crippen molar-refractivity contribution in [1.82, 2.24) is 4.57 Å². The standard InChI is InChI=1S/C14H20N2O/c1-4-5-6-9-16-13(11(2)3)8-7-12(10-15)14(16)17/h7-8,11H,4-6,9H2,1-3H3. The molecule has 0 bridgehead atoms. The first-order chi connectivity index (χ1) is 8.11. The van der Waals surface area contributed by atoms with Gasteiger partial charge in [-0.1, -0.05) is 33.6 Å². The molecule has 0 aliphatic rings. The van der Waals surface area contributed by atoms with Crippen LogP contribution in [0.4, 0.5) is 0 Å². The summed E-state index contributed by atoms with van der Waals surface area (Å²) in [6, 6.07) is 5.49. The van der Waals surface area contributed by atoms with Crippen LogP contribution >= 0.6 is 0 Å². The molecule has 0 unspecified atom stereocenters. The van der Waals surface area contributed by atoms with E-state index >= 15 is 0 Å². The van der Waals surface area contributed by atoms with Crippen molar-refractivity contribution in [2.45, 2.75) is 52.5 Å². The SMILES string of the molecule is CCCCCn1c(C(C)C)ccc(C#N)c1=O. The van der Waals surface area contributed by atoms with Crippen molar-refractivity contribution in [3.05, 3.63) is 33.7 Å². The molecule has 0 radical (unpaired) electrons. The Hall–Kier alpha value is -1.56. The van der Waals surface area contributed by atoms with E-state index in [0.29, 0.717) is 5.92 Å². The van der Waals surface area contributed by atoms with Gasteiger partial charge in [-0.2, -0.15) is 5.26 Å². The molecule has 0 fully saturated rings. The molecule has 1 aromatic heterocycles. The number of nitrogens with zero attached hydrogens (tertiary/aromatic N) is 2. The van der Waals surface area contributed by atoms with Gasteiger partial charge in [0, 0.05) is 12.2 Å². The summed E-state index contributed by atoms with van der Waals surface area (Å²) < 4.78 is 1.76. The number of aromatic nitrogens is 1. The normalized spacial score (nSPS) is 10.5. The monoisotopic (exact) mass is 232 g/mol. The van der Waals surface area contributed by atoms with Crippen LogP contribution in [0.5, 0.6) is 0 Å². The van der Waals surface area contributed by atoms with Crippen molar-refractivity contribution in [3.8, 4) is 6.07 Å². The van der Waals surface area contributed by atoms with Gasteiger partial charge in [0.2, 0.25) is 0 Å². The highest BCUT2D eigenvalue weighted by molar-refractivity contribution is 5.28. The topological polar surface area (TPSA) is 45.8 Å². The molecule has 0 aliphatic heterocycles. The Bertz CT molecular complexity index is 466. The zero-order chi connectivity index (χ0) is 12.8. The Morgan fingerprint density at radius 3 is 2.59 bits per heavy atom. The average Bonchev–Trinajstić information content (AvgIpc) is 2.31. The summed E-state index contributed by atoms with van der Waals surface area (Å²) in [4.78, 5) is 12.1. The second kappa shape index (κ2) is 6.24. The highest BCUT2D eigenvalue weighted by Gasteiger charge is 2.10. The van der Waals surface area contributed by atoms with E-state index in [9.17, 15) is 4.79 Å². The maximum atomic E-state index is 12.1. The fourth-order valence-corrected chi connectivity index (χ4v) is 1.93. The molecule has 1 heterocycles. The minimum Gasteiger partial charge on any atom is -0.311 e. The van der Waals surface area contributed by atoms with E-state index in [4.69, 9.17) is 5.26 Å². The first-order valence-corrected chi connectivity index (χ1v) is 6.25. The molecular formula is C14H20N2O. The third-order valence-corrected chi connectivity index (χ3v) is 2.91. The molecule has 0 spiro atoms. The maximum Gasteiger partial charge on any atom is 0.268 e. The van der Waals surface area contributed by atoms with Crippen LogP contribution in [-0.2, 0) is 6.54 Å². The summed E-state index contributed by atoms with van der Waals surface area (Å²) >= 11 is 0. The van der Waals surface area contributed by atoms with Gasteiger partial charge < -0.3 is 4.57 Å². The summed E-state index contributed by atoms with van der Waals surface area (Å²) in [6.07, 6.45) is 3.23. The molecule has 0 saturated carbocycles. The molecule has 0 aromatic carbocycles. The molecular weight excluding hydrogens is 212 g/mol. The average molecular weight is 232 g/mol. The fourth-order valence-electron chi connectivity index (χ4n) is 1.93. The maximum absolute atomic E-state index is 12.1. The predicted octanol–water partition coefficient (Wildman–Crippen LogP) is 3.03. The number of pyridine rings is 1. The Balaban J connectivity index is 3.12. The van der Waals surface area contributed by atoms with Gasteiger partial charge in [-0.25, -0.2) is 0 Å². The first-order valence-electron chi connectivity index (χ1n) is 6.25. The molecule has 0 N–H and O–H groups in total. The Labute approximate surface area is 103 Å². The van der Waals surface area contributed by atoms with Crippen LogP contribution in [0.2, 0.25) is 0 Å². The van der Waals surface area contributed by atoms with Crippen LogP contribution in [-0.4, -0.2) is 4.57 Å². The van der Waals surface area contributed by atoms with Crippen molar-refractivity contribution in [2.75, 3.05) is 0 Å². The fraction of sp³-hybridized carbons (Fsp3) is 0.571. The summed E-state index contributed by atoms with van der Waals surface area (Å²) in [6.45, 7) is 6.99. The third kappa shape index (κ3) is 3.20. The summed E-state index contributed by atoms with van der Waals surface area (Å²) in [5, 5.41) is 8.88. The number of hydrogen-bond acceptors (Lipinski definition) is 2. The number of rotatable bonds is 5. The minimum absolute atomic E-state index is 0.144. The molecule has 0 atom stereocenters. The molecule has 17 heavy (non-hydrogen) atoms. The summed E-state index contributed by atoms with van der Waals surface area (Å²) in [5.41, 5.74) is 1.12. The van der Waals surface area contributed by atoms with Crippen molar-refractivity contribution in [3.63, 3.8) is 0 Å². The Morgan fingerprint density at radius 1 is 1.35 bits per heavy atom. The Morgan fingerprint density at radius 2 is 2.06 bits per heavy atom. The van der Waals surface area contributed by atoms with E-state index < -0.39 is 0 Å². The minimum atomic E-state index is -0.144. The predicted molar refractivity (Wildman–Crippen MR) is 69.0 cm³/mol. The lowest BCUT2D eigenvalue weighted by atomic mass is 10.1. The van der Waals surface area contributed by atoms with E-state index in [1.54, 1.807) is 10.6 Å². The van der Waals surface area contributed by atoms with E-state index in [1.165, 1.54) is 0 Å². The Kier molecular flexibility index (Phi) is 4.96. The largest absolute Gasteiger partial charge is 0.311 e. The van der Waals surface area contributed by atoms with Crippen LogP contribution in [0.3, 0.4) is 0 Å². The van der Waals surface area contributed by atoms with E-state index in [2.05, 4.69) is 20.8 Å². The van der Waals surface area contributed by atoms with Gasteiger partial charge in [-0.15, -0.1) is 0 Å². The lowest BCUT2D eigenvalue weighted by Gasteiger charge is -2.15. The third-order valence-electron chi connectivity index (χ3n) is 2.91. The zero-order valence-corrected chi connectivity index (χ0v) is 10.9. The van der Waals surface area contributed by atoms with Crippen molar-refractivity contribution in [2.24, 2.45) is 0 Å². The molecule has 0 amide bonds. The van der Waals surface area contributed by atoms with Gasteiger partial charge in [0.1, 0.15) is 11.6 Å².